The van der Waals surface area contributed by atoms with Gasteiger partial charge in [-0.15, -0.1) is 24.8 Å². The van der Waals surface area contributed by atoms with Crippen LogP contribution in [-0.4, -0.2) is 35.6 Å². The number of rotatable bonds is 6. The Kier molecular flexibility index (Phi) is 17.3. The summed E-state index contributed by atoms with van der Waals surface area (Å²) in [6.45, 7) is 7.10. The number of aliphatic carboxylic acids is 1. The molecule has 3 nitrogen and oxygen atoms in total. The molecule has 0 atom stereocenters. The summed E-state index contributed by atoms with van der Waals surface area (Å²) in [5, 5.41) is 8.35. The van der Waals surface area contributed by atoms with Crippen molar-refractivity contribution in [1.29, 1.82) is 0 Å². The highest BCUT2D eigenvalue weighted by Crippen LogP contribution is 1.94. The molecule has 1 N–H and O–H groups in total. The summed E-state index contributed by atoms with van der Waals surface area (Å²) in [6.07, 6.45) is 1.05. The molecule has 0 radical (unpaired) electrons. The maximum Gasteiger partial charge on any atom is 0.303 e. The van der Waals surface area contributed by atoms with Crippen LogP contribution in [0.25, 0.3) is 0 Å². The van der Waals surface area contributed by atoms with E-state index in [0.717, 1.165) is 26.1 Å². The van der Waals surface area contributed by atoms with Crippen LogP contribution in [0.5, 0.6) is 0 Å². The zero-order valence-corrected chi connectivity index (χ0v) is 9.79. The lowest BCUT2D eigenvalue weighted by atomic mass is 10.3. The molecule has 82 valence electrons. The van der Waals surface area contributed by atoms with Crippen LogP contribution >= 0.6 is 24.8 Å². The van der Waals surface area contributed by atoms with Gasteiger partial charge in [-0.1, -0.05) is 13.8 Å². The van der Waals surface area contributed by atoms with Crippen molar-refractivity contribution in [2.45, 2.75) is 26.7 Å². The maximum atomic E-state index is 10.1. The van der Waals surface area contributed by atoms with E-state index in [9.17, 15) is 4.79 Å². The minimum atomic E-state index is -0.697. The monoisotopic (exact) mass is 231 g/mol. The first kappa shape index (κ1) is 18.7. The van der Waals surface area contributed by atoms with Crippen LogP contribution in [0.4, 0.5) is 0 Å². The summed E-state index contributed by atoms with van der Waals surface area (Å²) in [7, 11) is 0. The zero-order valence-electron chi connectivity index (χ0n) is 8.15. The predicted octanol–water partition coefficient (Wildman–Crippen LogP) is 2.04. The van der Waals surface area contributed by atoms with E-state index in [1.807, 2.05) is 0 Å². The van der Waals surface area contributed by atoms with Gasteiger partial charge in [-0.05, 0) is 26.1 Å². The summed E-state index contributed by atoms with van der Waals surface area (Å²) in [5.74, 6) is -0.697. The van der Waals surface area contributed by atoms with Crippen molar-refractivity contribution >= 4 is 30.8 Å². The van der Waals surface area contributed by atoms with Gasteiger partial charge in [-0.3, -0.25) is 4.79 Å². The van der Waals surface area contributed by atoms with Crippen molar-refractivity contribution in [1.82, 2.24) is 4.90 Å². The van der Waals surface area contributed by atoms with Crippen molar-refractivity contribution in [3.05, 3.63) is 0 Å². The predicted molar refractivity (Wildman–Crippen MR) is 59.2 cm³/mol. The number of hydrogen-bond donors (Lipinski definition) is 1. The van der Waals surface area contributed by atoms with Crippen molar-refractivity contribution in [2.75, 3.05) is 19.6 Å². The number of carbonyl (C=O) groups is 1. The normalized spacial score (nSPS) is 8.85. The number of halogens is 2. The molecule has 0 amide bonds. The first-order valence-electron chi connectivity index (χ1n) is 4.14. The van der Waals surface area contributed by atoms with Gasteiger partial charge in [0.1, 0.15) is 0 Å². The van der Waals surface area contributed by atoms with Crippen LogP contribution in [-0.2, 0) is 4.79 Å². The molecule has 0 aromatic rings. The lowest BCUT2D eigenvalue weighted by molar-refractivity contribution is -0.137. The lowest BCUT2D eigenvalue weighted by Gasteiger charge is -2.16. The molecule has 0 spiro atoms. The smallest absolute Gasteiger partial charge is 0.303 e. The fourth-order valence-electron chi connectivity index (χ4n) is 0.994. The molecule has 0 aliphatic carbocycles. The third-order valence-corrected chi connectivity index (χ3v) is 1.76. The first-order valence-corrected chi connectivity index (χ1v) is 4.14. The van der Waals surface area contributed by atoms with Crippen molar-refractivity contribution in [2.24, 2.45) is 0 Å². The number of carboxylic acids is 1. The molecular weight excluding hydrogens is 213 g/mol. The van der Waals surface area contributed by atoms with E-state index in [-0.39, 0.29) is 31.2 Å². The van der Waals surface area contributed by atoms with Gasteiger partial charge in [-0.2, -0.15) is 0 Å². The zero-order chi connectivity index (χ0) is 8.69. The Morgan fingerprint density at radius 2 is 1.69 bits per heavy atom. The molecule has 0 saturated heterocycles. The molecule has 0 aliphatic rings. The van der Waals surface area contributed by atoms with Gasteiger partial charge in [0, 0.05) is 6.42 Å². The quantitative estimate of drug-likeness (QED) is 0.761. The van der Waals surface area contributed by atoms with E-state index < -0.39 is 5.97 Å². The number of carboxylic acid groups (broad SMARTS) is 1. The first-order chi connectivity index (χ1) is 5.20. The molecule has 0 heterocycles. The minimum absolute atomic E-state index is 0. The Hall–Kier alpha value is 0.01000. The summed E-state index contributed by atoms with van der Waals surface area (Å²) >= 11 is 0. The Morgan fingerprint density at radius 3 is 2.00 bits per heavy atom. The van der Waals surface area contributed by atoms with Crippen LogP contribution in [0.15, 0.2) is 0 Å². The van der Waals surface area contributed by atoms with Gasteiger partial charge in [0.05, 0.1) is 0 Å². The van der Waals surface area contributed by atoms with E-state index in [4.69, 9.17) is 5.11 Å². The van der Waals surface area contributed by atoms with E-state index in [1.54, 1.807) is 0 Å². The highest BCUT2D eigenvalue weighted by molar-refractivity contribution is 5.85. The fourth-order valence-corrected chi connectivity index (χ4v) is 0.994. The third-order valence-electron chi connectivity index (χ3n) is 1.76. The second kappa shape index (κ2) is 12.0. The molecule has 0 unspecified atom stereocenters. The van der Waals surface area contributed by atoms with Crippen molar-refractivity contribution in [3.8, 4) is 0 Å². The Labute approximate surface area is 92.3 Å². The highest BCUT2D eigenvalue weighted by Gasteiger charge is 2.00. The highest BCUT2D eigenvalue weighted by atomic mass is 35.5. The topological polar surface area (TPSA) is 40.5 Å². The summed E-state index contributed by atoms with van der Waals surface area (Å²) in [4.78, 5) is 12.4. The largest absolute Gasteiger partial charge is 0.481 e. The Bertz CT molecular complexity index is 119. The number of nitrogens with zero attached hydrogens (tertiary/aromatic N) is 1. The maximum absolute atomic E-state index is 10.1. The van der Waals surface area contributed by atoms with Crippen LogP contribution in [0.2, 0.25) is 0 Å². The van der Waals surface area contributed by atoms with Gasteiger partial charge in [0.25, 0.3) is 0 Å². The van der Waals surface area contributed by atoms with Gasteiger partial charge in [0.2, 0.25) is 0 Å². The van der Waals surface area contributed by atoms with E-state index in [2.05, 4.69) is 18.7 Å². The van der Waals surface area contributed by atoms with Crippen LogP contribution in [0.1, 0.15) is 26.7 Å². The van der Waals surface area contributed by atoms with E-state index >= 15 is 0 Å². The van der Waals surface area contributed by atoms with Crippen molar-refractivity contribution < 1.29 is 9.90 Å². The molecule has 5 heteroatoms. The molecule has 13 heavy (non-hydrogen) atoms. The van der Waals surface area contributed by atoms with Crippen LogP contribution in [0.3, 0.4) is 0 Å². The second-order valence-electron chi connectivity index (χ2n) is 2.52. The third kappa shape index (κ3) is 12.0. The summed E-state index contributed by atoms with van der Waals surface area (Å²) in [5.41, 5.74) is 0. The second-order valence-corrected chi connectivity index (χ2v) is 2.52. The fraction of sp³-hybridized carbons (Fsp3) is 0.875. The molecule has 0 rings (SSSR count). The minimum Gasteiger partial charge on any atom is -0.481 e. The van der Waals surface area contributed by atoms with Crippen LogP contribution < -0.4 is 0 Å². The molecule has 0 bridgehead atoms. The SMILES string of the molecule is CCN(CC)CCCC(=O)O.Cl.Cl. The Morgan fingerprint density at radius 1 is 1.23 bits per heavy atom. The molecule has 0 aliphatic heterocycles. The van der Waals surface area contributed by atoms with Gasteiger partial charge in [0.15, 0.2) is 0 Å². The van der Waals surface area contributed by atoms with Gasteiger partial charge < -0.3 is 10.0 Å². The standard InChI is InChI=1S/C8H17NO2.2ClH/c1-3-9(4-2)7-5-6-8(10)11;;/h3-7H2,1-2H3,(H,10,11);2*1H. The lowest BCUT2D eigenvalue weighted by Crippen LogP contribution is -2.24. The van der Waals surface area contributed by atoms with Crippen molar-refractivity contribution in [3.63, 3.8) is 0 Å². The average molecular weight is 232 g/mol. The number of hydrogen-bond acceptors (Lipinski definition) is 2. The van der Waals surface area contributed by atoms with E-state index in [0.29, 0.717) is 0 Å². The average Bonchev–Trinajstić information content (AvgIpc) is 1.98. The van der Waals surface area contributed by atoms with Gasteiger partial charge >= 0.3 is 5.97 Å². The van der Waals surface area contributed by atoms with Crippen LogP contribution in [0, 0.1) is 0 Å². The molecule has 0 aromatic heterocycles. The van der Waals surface area contributed by atoms with Gasteiger partial charge in [-0.25, -0.2) is 0 Å². The summed E-state index contributed by atoms with van der Waals surface area (Å²) in [6, 6.07) is 0. The molecular formula is C8H19Cl2NO2. The molecule has 0 saturated carbocycles. The molecule has 0 fully saturated rings. The van der Waals surface area contributed by atoms with E-state index in [1.165, 1.54) is 0 Å². The Balaban J connectivity index is -0.000000500. The summed E-state index contributed by atoms with van der Waals surface area (Å²) < 4.78 is 0. The molecule has 0 aromatic carbocycles.